The molecule has 0 aromatic heterocycles. The van der Waals surface area contributed by atoms with Crippen LogP contribution in [-0.4, -0.2) is 19.9 Å². The summed E-state index contributed by atoms with van der Waals surface area (Å²) in [5.74, 6) is -0.0754. The number of ether oxygens (including phenoxy) is 1. The number of nitrogen functional groups attached to an aromatic ring is 2. The van der Waals surface area contributed by atoms with E-state index in [4.69, 9.17) is 20.6 Å². The Hall–Kier alpha value is -1.69. The summed E-state index contributed by atoms with van der Waals surface area (Å²) in [6, 6.07) is 3.36. The summed E-state index contributed by atoms with van der Waals surface area (Å²) in [5.41, 5.74) is 12.0. The van der Waals surface area contributed by atoms with Crippen LogP contribution in [0.5, 0.6) is 5.75 Å². The second-order valence-corrected chi connectivity index (χ2v) is 13.0. The number of carbonyl (C=O) groups is 1. The fourth-order valence-corrected chi connectivity index (χ4v) is 2.69. The summed E-state index contributed by atoms with van der Waals surface area (Å²) in [5, 5.41) is -0.00561. The van der Waals surface area contributed by atoms with E-state index in [1.807, 2.05) is 20.8 Å². The van der Waals surface area contributed by atoms with Gasteiger partial charge < -0.3 is 20.6 Å². The van der Waals surface area contributed by atoms with Crippen LogP contribution in [0.15, 0.2) is 12.1 Å². The smallest absolute Gasteiger partial charge is 0.344 e. The Kier molecular flexibility index (Phi) is 5.11. The van der Waals surface area contributed by atoms with E-state index in [2.05, 4.69) is 33.9 Å². The third-order valence-electron chi connectivity index (χ3n) is 4.02. The molecule has 0 bridgehead atoms. The van der Waals surface area contributed by atoms with Crippen LogP contribution >= 0.6 is 0 Å². The lowest BCUT2D eigenvalue weighted by molar-refractivity contribution is 0.00689. The molecule has 1 rings (SSSR count). The summed E-state index contributed by atoms with van der Waals surface area (Å²) in [4.78, 5) is 12.6. The Morgan fingerprint density at radius 1 is 1.04 bits per heavy atom. The van der Waals surface area contributed by atoms with E-state index in [1.165, 1.54) is 0 Å². The minimum Gasteiger partial charge on any atom is -0.543 e. The molecule has 0 aliphatic carbocycles. The standard InChI is InChI=1S/C17H30N2O3Si/c1-16(2,3)21-15(20)13-12(10-9-11(18)14(13)19)22-23(7,8)17(4,5)6/h9-10H,18-19H2,1-8H3. The fraction of sp³-hybridized carbons (Fsp3) is 0.588. The van der Waals surface area contributed by atoms with Crippen LogP contribution in [0.3, 0.4) is 0 Å². The Labute approximate surface area is 140 Å². The zero-order valence-corrected chi connectivity index (χ0v) is 16.5. The Morgan fingerprint density at radius 3 is 2.00 bits per heavy atom. The third-order valence-corrected chi connectivity index (χ3v) is 8.36. The first-order valence-electron chi connectivity index (χ1n) is 7.76. The van der Waals surface area contributed by atoms with Gasteiger partial charge in [0.2, 0.25) is 0 Å². The Morgan fingerprint density at radius 2 is 1.57 bits per heavy atom. The molecule has 23 heavy (non-hydrogen) atoms. The van der Waals surface area contributed by atoms with E-state index in [0.717, 1.165) is 0 Å². The summed E-state index contributed by atoms with van der Waals surface area (Å²) in [6.07, 6.45) is 0. The van der Waals surface area contributed by atoms with Crippen molar-refractivity contribution in [1.82, 2.24) is 0 Å². The highest BCUT2D eigenvalue weighted by Crippen LogP contribution is 2.40. The van der Waals surface area contributed by atoms with Crippen LogP contribution < -0.4 is 15.9 Å². The Bertz CT molecular complexity index is 599. The van der Waals surface area contributed by atoms with Gasteiger partial charge in [-0.2, -0.15) is 0 Å². The molecule has 5 nitrogen and oxygen atoms in total. The zero-order chi connectivity index (χ0) is 18.2. The maximum Gasteiger partial charge on any atom is 0.344 e. The van der Waals surface area contributed by atoms with E-state index >= 15 is 0 Å². The minimum absolute atomic E-state index is 0.00561. The molecule has 6 heteroatoms. The molecule has 0 atom stereocenters. The summed E-state index contributed by atoms with van der Waals surface area (Å²) in [7, 11) is -2.13. The number of carbonyl (C=O) groups excluding carboxylic acids is 1. The number of anilines is 2. The van der Waals surface area contributed by atoms with Gasteiger partial charge in [0.05, 0.1) is 11.4 Å². The molecule has 0 spiro atoms. The predicted octanol–water partition coefficient (Wildman–Crippen LogP) is 4.19. The maximum atomic E-state index is 12.6. The minimum atomic E-state index is -2.13. The lowest BCUT2D eigenvalue weighted by Gasteiger charge is -2.37. The summed E-state index contributed by atoms with van der Waals surface area (Å²) >= 11 is 0. The van der Waals surface area contributed by atoms with E-state index in [1.54, 1.807) is 12.1 Å². The molecular weight excluding hydrogens is 308 g/mol. The number of esters is 1. The molecule has 1 aromatic rings. The fourth-order valence-electron chi connectivity index (χ4n) is 1.67. The van der Waals surface area contributed by atoms with Crippen LogP contribution in [0.1, 0.15) is 51.9 Å². The van der Waals surface area contributed by atoms with Crippen molar-refractivity contribution in [3.05, 3.63) is 17.7 Å². The number of hydrogen-bond donors (Lipinski definition) is 2. The van der Waals surface area contributed by atoms with E-state index < -0.39 is 19.9 Å². The van der Waals surface area contributed by atoms with Crippen LogP contribution in [0, 0.1) is 0 Å². The van der Waals surface area contributed by atoms with Crippen LogP contribution in [0.25, 0.3) is 0 Å². The molecule has 1 aromatic carbocycles. The first kappa shape index (κ1) is 19.4. The first-order chi connectivity index (χ1) is 10.2. The van der Waals surface area contributed by atoms with Crippen LogP contribution in [0.4, 0.5) is 11.4 Å². The van der Waals surface area contributed by atoms with Crippen LogP contribution in [0.2, 0.25) is 18.1 Å². The molecular formula is C17H30N2O3Si. The number of benzene rings is 1. The van der Waals surface area contributed by atoms with Gasteiger partial charge in [-0.3, -0.25) is 0 Å². The third kappa shape index (κ3) is 4.64. The number of hydrogen-bond acceptors (Lipinski definition) is 5. The highest BCUT2D eigenvalue weighted by atomic mass is 28.4. The predicted molar refractivity (Wildman–Crippen MR) is 98.3 cm³/mol. The molecule has 0 saturated heterocycles. The molecule has 0 fully saturated rings. The van der Waals surface area contributed by atoms with Crippen molar-refractivity contribution in [2.75, 3.05) is 11.5 Å². The Balaban J connectivity index is 3.35. The first-order valence-corrected chi connectivity index (χ1v) is 10.7. The molecule has 0 radical (unpaired) electrons. The normalized spacial score (nSPS) is 12.9. The van der Waals surface area contributed by atoms with E-state index in [-0.39, 0.29) is 16.3 Å². The molecule has 0 heterocycles. The van der Waals surface area contributed by atoms with Crippen molar-refractivity contribution >= 4 is 25.7 Å². The van der Waals surface area contributed by atoms with Gasteiger partial charge in [0.25, 0.3) is 8.32 Å². The molecule has 4 N–H and O–H groups in total. The lowest BCUT2D eigenvalue weighted by Crippen LogP contribution is -2.44. The van der Waals surface area contributed by atoms with Gasteiger partial charge in [0.1, 0.15) is 16.9 Å². The highest BCUT2D eigenvalue weighted by Gasteiger charge is 2.40. The van der Waals surface area contributed by atoms with Crippen LogP contribution in [-0.2, 0) is 4.74 Å². The van der Waals surface area contributed by atoms with Crippen molar-refractivity contribution < 1.29 is 14.0 Å². The molecule has 130 valence electrons. The molecule has 0 unspecified atom stereocenters. The quantitative estimate of drug-likeness (QED) is 0.490. The van der Waals surface area contributed by atoms with Crippen molar-refractivity contribution in [2.24, 2.45) is 0 Å². The van der Waals surface area contributed by atoms with Crippen molar-refractivity contribution in [3.63, 3.8) is 0 Å². The van der Waals surface area contributed by atoms with Gasteiger partial charge in [-0.1, -0.05) is 20.8 Å². The molecule has 0 aliphatic rings. The highest BCUT2D eigenvalue weighted by molar-refractivity contribution is 6.74. The summed E-state index contributed by atoms with van der Waals surface area (Å²) in [6.45, 7) is 16.0. The van der Waals surface area contributed by atoms with Crippen molar-refractivity contribution in [2.45, 2.75) is 65.3 Å². The van der Waals surface area contributed by atoms with E-state index in [9.17, 15) is 4.79 Å². The monoisotopic (exact) mass is 338 g/mol. The number of rotatable bonds is 3. The SMILES string of the molecule is CC(C)(C)OC(=O)c1c(O[Si](C)(C)C(C)(C)C)ccc(N)c1N. The largest absolute Gasteiger partial charge is 0.543 e. The molecule has 0 aliphatic heterocycles. The van der Waals surface area contributed by atoms with Gasteiger partial charge in [-0.15, -0.1) is 0 Å². The molecule has 0 amide bonds. The van der Waals surface area contributed by atoms with Gasteiger partial charge in [0.15, 0.2) is 0 Å². The molecule has 0 saturated carbocycles. The van der Waals surface area contributed by atoms with Gasteiger partial charge >= 0.3 is 5.97 Å². The number of nitrogens with two attached hydrogens (primary N) is 2. The average Bonchev–Trinajstić information content (AvgIpc) is 2.29. The van der Waals surface area contributed by atoms with Crippen molar-refractivity contribution in [1.29, 1.82) is 0 Å². The second-order valence-electron chi connectivity index (χ2n) is 8.31. The van der Waals surface area contributed by atoms with Crippen molar-refractivity contribution in [3.8, 4) is 5.75 Å². The lowest BCUT2D eigenvalue weighted by atomic mass is 10.1. The average molecular weight is 339 g/mol. The van der Waals surface area contributed by atoms with Gasteiger partial charge in [-0.05, 0) is 51.0 Å². The van der Waals surface area contributed by atoms with Gasteiger partial charge in [0, 0.05) is 0 Å². The van der Waals surface area contributed by atoms with E-state index in [0.29, 0.717) is 11.4 Å². The van der Waals surface area contributed by atoms with Gasteiger partial charge in [-0.25, -0.2) is 4.79 Å². The summed E-state index contributed by atoms with van der Waals surface area (Å²) < 4.78 is 11.7. The zero-order valence-electron chi connectivity index (χ0n) is 15.5. The topological polar surface area (TPSA) is 87.6 Å². The maximum absolute atomic E-state index is 12.6. The second kappa shape index (κ2) is 6.07.